The van der Waals surface area contributed by atoms with Crippen LogP contribution in [0, 0.1) is 0 Å². The number of pyridine rings is 1. The van der Waals surface area contributed by atoms with Crippen LogP contribution in [0.4, 0.5) is 18.0 Å². The van der Waals surface area contributed by atoms with Crippen molar-refractivity contribution in [3.05, 3.63) is 23.9 Å². The number of urea groups is 1. The van der Waals surface area contributed by atoms with E-state index in [1.165, 1.54) is 16.9 Å². The average Bonchev–Trinajstić information content (AvgIpc) is 2.53. The summed E-state index contributed by atoms with van der Waals surface area (Å²) in [6, 6.07) is 4.57. The molecule has 1 aliphatic heterocycles. The topological polar surface area (TPSA) is 57.7 Å². The van der Waals surface area contributed by atoms with Crippen LogP contribution in [-0.4, -0.2) is 66.3 Å². The number of hydrogen-bond donors (Lipinski definition) is 1. The van der Waals surface area contributed by atoms with Gasteiger partial charge in [0, 0.05) is 31.7 Å². The van der Waals surface area contributed by atoms with Gasteiger partial charge in [0.1, 0.15) is 0 Å². The van der Waals surface area contributed by atoms with Crippen LogP contribution in [-0.2, 0) is 6.54 Å². The zero-order chi connectivity index (χ0) is 17.7. The maximum Gasteiger partial charge on any atom is 0.401 e. The number of carbonyl (C=O) groups excluding carboxylic acids is 1. The smallest absolute Gasteiger partial charge is 0.401 e. The van der Waals surface area contributed by atoms with Crippen molar-refractivity contribution in [1.29, 1.82) is 0 Å². The van der Waals surface area contributed by atoms with Crippen LogP contribution in [0.3, 0.4) is 0 Å². The van der Waals surface area contributed by atoms with Gasteiger partial charge in [0.25, 0.3) is 0 Å². The monoisotopic (exact) mass is 346 g/mol. The number of rotatable bonds is 4. The van der Waals surface area contributed by atoms with E-state index < -0.39 is 12.7 Å². The van der Waals surface area contributed by atoms with Crippen LogP contribution in [0.1, 0.15) is 12.6 Å². The van der Waals surface area contributed by atoms with E-state index in [9.17, 15) is 18.0 Å². The Morgan fingerprint density at radius 1 is 1.42 bits per heavy atom. The van der Waals surface area contributed by atoms with Gasteiger partial charge in [-0.2, -0.15) is 13.2 Å². The molecule has 0 bridgehead atoms. The lowest BCUT2D eigenvalue weighted by Crippen LogP contribution is -2.57. The number of methoxy groups -OCH3 is 1. The molecule has 2 heterocycles. The maximum atomic E-state index is 12.5. The largest absolute Gasteiger partial charge is 0.481 e. The molecule has 24 heavy (non-hydrogen) atoms. The van der Waals surface area contributed by atoms with Crippen LogP contribution in [0.15, 0.2) is 18.2 Å². The lowest BCUT2D eigenvalue weighted by molar-refractivity contribution is -0.153. The average molecular weight is 346 g/mol. The van der Waals surface area contributed by atoms with Gasteiger partial charge >= 0.3 is 12.2 Å². The number of nitrogens with one attached hydrogen (secondary N) is 1. The highest BCUT2D eigenvalue weighted by Crippen LogP contribution is 2.20. The number of halogens is 3. The molecule has 1 fully saturated rings. The van der Waals surface area contributed by atoms with E-state index in [0.29, 0.717) is 11.6 Å². The summed E-state index contributed by atoms with van der Waals surface area (Å²) in [6.07, 6.45) is -4.23. The van der Waals surface area contributed by atoms with Crippen LogP contribution >= 0.6 is 0 Å². The minimum atomic E-state index is -4.23. The molecule has 1 saturated heterocycles. The molecule has 0 aliphatic carbocycles. The molecule has 9 heteroatoms. The number of piperazine rings is 1. The molecule has 1 aromatic heterocycles. The normalized spacial score (nSPS) is 19.2. The minimum Gasteiger partial charge on any atom is -0.481 e. The number of hydrogen-bond acceptors (Lipinski definition) is 4. The number of carbonyl (C=O) groups is 1. The Balaban J connectivity index is 1.83. The number of ether oxygens (including phenoxy) is 1. The molecule has 0 radical (unpaired) electrons. The van der Waals surface area contributed by atoms with Crippen molar-refractivity contribution in [2.24, 2.45) is 0 Å². The second-order valence-corrected chi connectivity index (χ2v) is 5.71. The number of aromatic nitrogens is 1. The minimum absolute atomic E-state index is 0.200. The Kier molecular flexibility index (Phi) is 5.87. The molecule has 134 valence electrons. The van der Waals surface area contributed by atoms with Gasteiger partial charge in [0.05, 0.1) is 25.9 Å². The Morgan fingerprint density at radius 3 is 2.79 bits per heavy atom. The van der Waals surface area contributed by atoms with E-state index in [1.54, 1.807) is 25.1 Å². The zero-order valence-corrected chi connectivity index (χ0v) is 13.6. The highest BCUT2D eigenvalue weighted by molar-refractivity contribution is 5.74. The van der Waals surface area contributed by atoms with E-state index in [1.807, 2.05) is 0 Å². The van der Waals surface area contributed by atoms with Crippen molar-refractivity contribution in [2.75, 3.05) is 33.3 Å². The molecule has 1 atom stereocenters. The first-order valence-electron chi connectivity index (χ1n) is 7.62. The van der Waals surface area contributed by atoms with Gasteiger partial charge in [0.2, 0.25) is 5.88 Å². The van der Waals surface area contributed by atoms with E-state index in [4.69, 9.17) is 4.74 Å². The zero-order valence-electron chi connectivity index (χ0n) is 13.6. The fourth-order valence-corrected chi connectivity index (χ4v) is 2.59. The van der Waals surface area contributed by atoms with Crippen molar-refractivity contribution in [1.82, 2.24) is 20.1 Å². The van der Waals surface area contributed by atoms with E-state index in [-0.39, 0.29) is 38.3 Å². The summed E-state index contributed by atoms with van der Waals surface area (Å²) in [4.78, 5) is 19.2. The Morgan fingerprint density at radius 2 is 2.17 bits per heavy atom. The van der Waals surface area contributed by atoms with Crippen molar-refractivity contribution >= 4 is 6.03 Å². The molecule has 1 aliphatic rings. The first kappa shape index (κ1) is 18.3. The van der Waals surface area contributed by atoms with Crippen molar-refractivity contribution in [2.45, 2.75) is 25.7 Å². The van der Waals surface area contributed by atoms with Gasteiger partial charge in [-0.05, 0) is 13.0 Å². The first-order chi connectivity index (χ1) is 11.3. The fraction of sp³-hybridized carbons (Fsp3) is 0.600. The van der Waals surface area contributed by atoms with E-state index in [2.05, 4.69) is 10.3 Å². The number of amides is 2. The summed E-state index contributed by atoms with van der Waals surface area (Å²) < 4.78 is 42.5. The summed E-state index contributed by atoms with van der Waals surface area (Å²) in [5.41, 5.74) is 0.645. The maximum absolute atomic E-state index is 12.5. The van der Waals surface area contributed by atoms with Crippen molar-refractivity contribution < 1.29 is 22.7 Å². The Hall–Kier alpha value is -2.03. The predicted molar refractivity (Wildman–Crippen MR) is 81.7 cm³/mol. The molecule has 0 aromatic carbocycles. The number of nitrogens with zero attached hydrogens (tertiary/aromatic N) is 3. The molecular weight excluding hydrogens is 325 g/mol. The van der Waals surface area contributed by atoms with E-state index in [0.717, 1.165) is 0 Å². The molecule has 6 nitrogen and oxygen atoms in total. The van der Waals surface area contributed by atoms with Crippen molar-refractivity contribution in [3.8, 4) is 5.88 Å². The molecule has 0 unspecified atom stereocenters. The third kappa shape index (κ3) is 5.26. The summed E-state index contributed by atoms with van der Waals surface area (Å²) in [7, 11) is 1.51. The van der Waals surface area contributed by atoms with Crippen LogP contribution in [0.25, 0.3) is 0 Å². The van der Waals surface area contributed by atoms with Gasteiger partial charge in [-0.3, -0.25) is 4.90 Å². The van der Waals surface area contributed by atoms with Gasteiger partial charge in [-0.25, -0.2) is 9.78 Å². The Labute approximate surface area is 138 Å². The molecule has 2 amide bonds. The van der Waals surface area contributed by atoms with Crippen LogP contribution in [0.2, 0.25) is 0 Å². The summed E-state index contributed by atoms with van der Waals surface area (Å²) in [5, 5.41) is 2.73. The van der Waals surface area contributed by atoms with Crippen LogP contribution in [0.5, 0.6) is 5.88 Å². The highest BCUT2D eigenvalue weighted by atomic mass is 19.4. The van der Waals surface area contributed by atoms with Gasteiger partial charge in [-0.1, -0.05) is 6.07 Å². The Bertz CT molecular complexity index is 568. The van der Waals surface area contributed by atoms with Gasteiger partial charge in [-0.15, -0.1) is 0 Å². The quantitative estimate of drug-likeness (QED) is 0.904. The number of alkyl halides is 3. The molecule has 2 rings (SSSR count). The lowest BCUT2D eigenvalue weighted by atomic mass is 10.2. The second kappa shape index (κ2) is 7.69. The third-order valence-electron chi connectivity index (χ3n) is 3.85. The van der Waals surface area contributed by atoms with Gasteiger partial charge < -0.3 is 15.0 Å². The summed E-state index contributed by atoms with van der Waals surface area (Å²) >= 11 is 0. The summed E-state index contributed by atoms with van der Waals surface area (Å²) in [6.45, 7) is 1.69. The van der Waals surface area contributed by atoms with Crippen LogP contribution < -0.4 is 10.1 Å². The predicted octanol–water partition coefficient (Wildman–Crippen LogP) is 1.87. The first-order valence-corrected chi connectivity index (χ1v) is 7.62. The van der Waals surface area contributed by atoms with Crippen molar-refractivity contribution in [3.63, 3.8) is 0 Å². The van der Waals surface area contributed by atoms with Gasteiger partial charge in [0.15, 0.2) is 0 Å². The lowest BCUT2D eigenvalue weighted by Gasteiger charge is -2.39. The standard InChI is InChI=1S/C15H21F3N4O2/c1-11-9-21(6-7-22(11)10-15(16,17)18)14(23)19-8-12-4-3-5-13(20-12)24-2/h3-5,11H,6-10H2,1-2H3,(H,19,23)/t11-/m0/s1. The second-order valence-electron chi connectivity index (χ2n) is 5.71. The summed E-state index contributed by atoms with van der Waals surface area (Å²) in [5.74, 6) is 0.455. The van der Waals surface area contributed by atoms with E-state index >= 15 is 0 Å². The SMILES string of the molecule is COc1cccc(CNC(=O)N2CCN(CC(F)(F)F)[C@@H](C)C2)n1. The molecule has 1 aromatic rings. The highest BCUT2D eigenvalue weighted by Gasteiger charge is 2.35. The third-order valence-corrected chi connectivity index (χ3v) is 3.85. The molecule has 0 spiro atoms. The molecule has 1 N–H and O–H groups in total. The molecule has 0 saturated carbocycles. The fourth-order valence-electron chi connectivity index (χ4n) is 2.59. The molecular formula is C15H21F3N4O2.